The van der Waals surface area contributed by atoms with Gasteiger partial charge in [0, 0.05) is 38.1 Å². The molecule has 3 N–H and O–H groups in total. The van der Waals surface area contributed by atoms with Gasteiger partial charge in [-0.1, -0.05) is 0 Å². The summed E-state index contributed by atoms with van der Waals surface area (Å²) in [6, 6.07) is 4.52. The van der Waals surface area contributed by atoms with Gasteiger partial charge in [-0.05, 0) is 37.8 Å². The Morgan fingerprint density at radius 3 is 2.68 bits per heavy atom. The average molecular weight is 262 g/mol. The number of rotatable bonds is 3. The summed E-state index contributed by atoms with van der Waals surface area (Å²) in [5.74, 6) is -0.0747. The largest absolute Gasteiger partial charge is 0.382 e. The second kappa shape index (κ2) is 6.02. The van der Waals surface area contributed by atoms with Crippen molar-refractivity contribution in [1.29, 1.82) is 0 Å². The molecule has 0 aromatic carbocycles. The molecule has 5 heteroatoms. The first-order chi connectivity index (χ1) is 9.06. The van der Waals surface area contributed by atoms with Crippen molar-refractivity contribution in [3.05, 3.63) is 24.0 Å². The maximum absolute atomic E-state index is 11.9. The third kappa shape index (κ3) is 3.67. The maximum atomic E-state index is 11.9. The molecule has 1 saturated carbocycles. The fourth-order valence-electron chi connectivity index (χ4n) is 2.37. The second-order valence-corrected chi connectivity index (χ2v) is 5.39. The summed E-state index contributed by atoms with van der Waals surface area (Å²) in [7, 11) is 3.46. The molecule has 1 aliphatic rings. The van der Waals surface area contributed by atoms with E-state index >= 15 is 0 Å². The van der Waals surface area contributed by atoms with Crippen LogP contribution in [0.1, 0.15) is 36.2 Å². The fourth-order valence-corrected chi connectivity index (χ4v) is 2.37. The standard InChI is InChI=1S/C14H22N4O/c1-18(2)14(19)13-9-12(7-8-16-13)17-11-5-3-10(15)4-6-11/h7-11H,3-6,15H2,1-2H3,(H,16,17). The zero-order valence-corrected chi connectivity index (χ0v) is 11.6. The van der Waals surface area contributed by atoms with E-state index in [1.807, 2.05) is 12.1 Å². The molecule has 0 atom stereocenters. The van der Waals surface area contributed by atoms with Crippen LogP contribution < -0.4 is 11.1 Å². The Balaban J connectivity index is 2.01. The summed E-state index contributed by atoms with van der Waals surface area (Å²) in [4.78, 5) is 17.5. The lowest BCUT2D eigenvalue weighted by atomic mass is 9.92. The van der Waals surface area contributed by atoms with Gasteiger partial charge in [0.1, 0.15) is 5.69 Å². The van der Waals surface area contributed by atoms with E-state index in [1.165, 1.54) is 4.90 Å². The third-order valence-corrected chi connectivity index (χ3v) is 3.53. The average Bonchev–Trinajstić information content (AvgIpc) is 2.41. The van der Waals surface area contributed by atoms with Gasteiger partial charge in [-0.25, -0.2) is 0 Å². The Morgan fingerprint density at radius 2 is 2.05 bits per heavy atom. The zero-order chi connectivity index (χ0) is 13.8. The highest BCUT2D eigenvalue weighted by molar-refractivity contribution is 5.92. The number of pyridine rings is 1. The minimum absolute atomic E-state index is 0.0747. The number of nitrogens with two attached hydrogens (primary N) is 1. The van der Waals surface area contributed by atoms with Crippen LogP contribution >= 0.6 is 0 Å². The first-order valence-electron chi connectivity index (χ1n) is 6.76. The number of nitrogens with zero attached hydrogens (tertiary/aromatic N) is 2. The molecule has 2 rings (SSSR count). The van der Waals surface area contributed by atoms with E-state index < -0.39 is 0 Å². The molecule has 1 amide bonds. The molecule has 1 fully saturated rings. The summed E-state index contributed by atoms with van der Waals surface area (Å²) in [5.41, 5.74) is 7.33. The highest BCUT2D eigenvalue weighted by atomic mass is 16.2. The summed E-state index contributed by atoms with van der Waals surface area (Å²) in [6.45, 7) is 0. The van der Waals surface area contributed by atoms with Crippen molar-refractivity contribution in [3.8, 4) is 0 Å². The van der Waals surface area contributed by atoms with E-state index in [2.05, 4.69) is 10.3 Å². The Morgan fingerprint density at radius 1 is 1.37 bits per heavy atom. The predicted molar refractivity (Wildman–Crippen MR) is 76.1 cm³/mol. The van der Waals surface area contributed by atoms with Gasteiger partial charge in [0.15, 0.2) is 0 Å². The van der Waals surface area contributed by atoms with Gasteiger partial charge in [-0.3, -0.25) is 9.78 Å². The van der Waals surface area contributed by atoms with E-state index in [9.17, 15) is 4.79 Å². The Labute approximate surface area is 114 Å². The summed E-state index contributed by atoms with van der Waals surface area (Å²) in [5, 5.41) is 3.47. The van der Waals surface area contributed by atoms with Gasteiger partial charge in [0.2, 0.25) is 0 Å². The van der Waals surface area contributed by atoms with Crippen molar-refractivity contribution in [2.24, 2.45) is 5.73 Å². The lowest BCUT2D eigenvalue weighted by molar-refractivity contribution is 0.0822. The van der Waals surface area contributed by atoms with E-state index in [-0.39, 0.29) is 5.91 Å². The van der Waals surface area contributed by atoms with Crippen LogP contribution in [0, 0.1) is 0 Å². The van der Waals surface area contributed by atoms with Crippen molar-refractivity contribution < 1.29 is 4.79 Å². The van der Waals surface area contributed by atoms with Crippen molar-refractivity contribution in [2.45, 2.75) is 37.8 Å². The third-order valence-electron chi connectivity index (χ3n) is 3.53. The monoisotopic (exact) mass is 262 g/mol. The predicted octanol–water partition coefficient (Wildman–Crippen LogP) is 1.47. The lowest BCUT2D eigenvalue weighted by Gasteiger charge is -2.27. The fraction of sp³-hybridized carbons (Fsp3) is 0.571. The van der Waals surface area contributed by atoms with Crippen LogP contribution in [0.3, 0.4) is 0 Å². The molecule has 104 valence electrons. The number of carbonyl (C=O) groups is 1. The number of hydrogen-bond acceptors (Lipinski definition) is 4. The number of carbonyl (C=O) groups excluding carboxylic acids is 1. The Bertz CT molecular complexity index is 439. The summed E-state index contributed by atoms with van der Waals surface area (Å²) < 4.78 is 0. The van der Waals surface area contributed by atoms with Crippen LogP contribution in [0.2, 0.25) is 0 Å². The molecule has 1 aliphatic carbocycles. The van der Waals surface area contributed by atoms with E-state index in [0.29, 0.717) is 17.8 Å². The maximum Gasteiger partial charge on any atom is 0.272 e. The lowest BCUT2D eigenvalue weighted by Crippen LogP contribution is -2.32. The van der Waals surface area contributed by atoms with Gasteiger partial charge in [-0.15, -0.1) is 0 Å². The van der Waals surface area contributed by atoms with Crippen LogP contribution in [0.15, 0.2) is 18.3 Å². The van der Waals surface area contributed by atoms with Crippen molar-refractivity contribution >= 4 is 11.6 Å². The van der Waals surface area contributed by atoms with Gasteiger partial charge in [-0.2, -0.15) is 0 Å². The number of amides is 1. The molecule has 0 aliphatic heterocycles. The molecule has 0 saturated heterocycles. The van der Waals surface area contributed by atoms with Gasteiger partial charge < -0.3 is 16.0 Å². The first-order valence-corrected chi connectivity index (χ1v) is 6.76. The molecule has 19 heavy (non-hydrogen) atoms. The highest BCUT2D eigenvalue weighted by Crippen LogP contribution is 2.21. The van der Waals surface area contributed by atoms with Crippen LogP contribution in [0.5, 0.6) is 0 Å². The van der Waals surface area contributed by atoms with Crippen molar-refractivity contribution in [1.82, 2.24) is 9.88 Å². The summed E-state index contributed by atoms with van der Waals surface area (Å²) >= 11 is 0. The summed E-state index contributed by atoms with van der Waals surface area (Å²) in [6.07, 6.45) is 5.97. The van der Waals surface area contributed by atoms with Crippen LogP contribution in [0.25, 0.3) is 0 Å². The molecule has 0 radical (unpaired) electrons. The first kappa shape index (κ1) is 13.8. The minimum atomic E-state index is -0.0747. The van der Waals surface area contributed by atoms with Crippen molar-refractivity contribution in [3.63, 3.8) is 0 Å². The van der Waals surface area contributed by atoms with E-state index in [4.69, 9.17) is 5.73 Å². The second-order valence-electron chi connectivity index (χ2n) is 5.39. The molecule has 0 bridgehead atoms. The van der Waals surface area contributed by atoms with Crippen molar-refractivity contribution in [2.75, 3.05) is 19.4 Å². The van der Waals surface area contributed by atoms with Crippen LogP contribution in [-0.2, 0) is 0 Å². The topological polar surface area (TPSA) is 71.2 Å². The Hall–Kier alpha value is -1.62. The minimum Gasteiger partial charge on any atom is -0.382 e. The van der Waals surface area contributed by atoms with E-state index in [0.717, 1.165) is 31.4 Å². The highest BCUT2D eigenvalue weighted by Gasteiger charge is 2.18. The Kier molecular flexibility index (Phi) is 4.37. The molecular weight excluding hydrogens is 240 g/mol. The van der Waals surface area contributed by atoms with Gasteiger partial charge >= 0.3 is 0 Å². The molecule has 1 heterocycles. The van der Waals surface area contributed by atoms with Gasteiger partial charge in [0.05, 0.1) is 0 Å². The normalized spacial score (nSPS) is 22.9. The van der Waals surface area contributed by atoms with E-state index in [1.54, 1.807) is 20.3 Å². The smallest absolute Gasteiger partial charge is 0.272 e. The molecule has 1 aromatic heterocycles. The number of aromatic nitrogens is 1. The zero-order valence-electron chi connectivity index (χ0n) is 11.6. The van der Waals surface area contributed by atoms with Crippen LogP contribution in [0.4, 0.5) is 5.69 Å². The molecular formula is C14H22N4O. The molecule has 0 unspecified atom stereocenters. The molecule has 5 nitrogen and oxygen atoms in total. The molecule has 1 aromatic rings. The van der Waals surface area contributed by atoms with Crippen LogP contribution in [-0.4, -0.2) is 42.0 Å². The molecule has 0 spiro atoms. The quantitative estimate of drug-likeness (QED) is 0.865. The van der Waals surface area contributed by atoms with Gasteiger partial charge in [0.25, 0.3) is 5.91 Å². The number of hydrogen-bond donors (Lipinski definition) is 2. The number of nitrogens with one attached hydrogen (secondary N) is 1. The number of anilines is 1. The SMILES string of the molecule is CN(C)C(=O)c1cc(NC2CCC(N)CC2)ccn1.